The summed E-state index contributed by atoms with van der Waals surface area (Å²) in [5.41, 5.74) is 6.82. The Labute approximate surface area is 128 Å². The largest absolute Gasteiger partial charge is 0.484 e. The molecule has 0 unspecified atom stereocenters. The summed E-state index contributed by atoms with van der Waals surface area (Å²) >= 11 is 0. The third-order valence-electron chi connectivity index (χ3n) is 3.53. The van der Waals surface area contributed by atoms with E-state index in [1.807, 2.05) is 32.0 Å². The van der Waals surface area contributed by atoms with Crippen LogP contribution in [-0.4, -0.2) is 37.6 Å². The molecule has 0 aliphatic heterocycles. The van der Waals surface area contributed by atoms with Gasteiger partial charge in [0.25, 0.3) is 5.91 Å². The van der Waals surface area contributed by atoms with Gasteiger partial charge in [0.15, 0.2) is 6.61 Å². The summed E-state index contributed by atoms with van der Waals surface area (Å²) in [6.07, 6.45) is 0. The van der Waals surface area contributed by atoms with Gasteiger partial charge in [-0.2, -0.15) is 0 Å². The van der Waals surface area contributed by atoms with Crippen molar-refractivity contribution in [2.24, 2.45) is 11.1 Å². The number of benzene rings is 1. The van der Waals surface area contributed by atoms with Crippen molar-refractivity contribution in [3.63, 3.8) is 0 Å². The van der Waals surface area contributed by atoms with E-state index in [0.29, 0.717) is 19.0 Å². The van der Waals surface area contributed by atoms with Gasteiger partial charge in [0, 0.05) is 13.6 Å². The minimum Gasteiger partial charge on any atom is -0.484 e. The van der Waals surface area contributed by atoms with E-state index in [9.17, 15) is 4.79 Å². The normalized spacial score (nSPS) is 11.6. The Kier molecular flexibility index (Phi) is 6.21. The molecule has 0 atom stereocenters. The summed E-state index contributed by atoms with van der Waals surface area (Å²) in [4.78, 5) is 13.8. The standard InChI is InChI=1S/C17H28N2O2/c1-13(2)14-7-6-8-15(9-14)21-10-16(20)19(5)12-17(3,4)11-18/h6-9,13H,10-12,18H2,1-5H3. The van der Waals surface area contributed by atoms with Crippen LogP contribution in [0.15, 0.2) is 24.3 Å². The number of carbonyl (C=O) groups excluding carboxylic acids is 1. The molecular weight excluding hydrogens is 264 g/mol. The van der Waals surface area contributed by atoms with Crippen LogP contribution in [0, 0.1) is 5.41 Å². The van der Waals surface area contributed by atoms with E-state index in [1.54, 1.807) is 11.9 Å². The molecule has 0 spiro atoms. The highest BCUT2D eigenvalue weighted by molar-refractivity contribution is 5.77. The van der Waals surface area contributed by atoms with Gasteiger partial charge < -0.3 is 15.4 Å². The number of amides is 1. The molecule has 2 N–H and O–H groups in total. The number of nitrogens with two attached hydrogens (primary N) is 1. The minimum atomic E-state index is -0.0814. The lowest BCUT2D eigenvalue weighted by Crippen LogP contribution is -2.41. The monoisotopic (exact) mass is 292 g/mol. The molecule has 0 saturated heterocycles. The molecule has 4 nitrogen and oxygen atoms in total. The van der Waals surface area contributed by atoms with Crippen LogP contribution < -0.4 is 10.5 Å². The molecule has 1 aromatic rings. The molecule has 1 rings (SSSR count). The average Bonchev–Trinajstić information content (AvgIpc) is 2.44. The van der Waals surface area contributed by atoms with Crippen molar-refractivity contribution in [1.82, 2.24) is 4.90 Å². The van der Waals surface area contributed by atoms with Crippen LogP contribution in [0.5, 0.6) is 5.75 Å². The number of nitrogens with zero attached hydrogens (tertiary/aromatic N) is 1. The zero-order valence-electron chi connectivity index (χ0n) is 13.8. The van der Waals surface area contributed by atoms with E-state index >= 15 is 0 Å². The highest BCUT2D eigenvalue weighted by Gasteiger charge is 2.21. The SMILES string of the molecule is CC(C)c1cccc(OCC(=O)N(C)CC(C)(C)CN)c1. The highest BCUT2D eigenvalue weighted by atomic mass is 16.5. The van der Waals surface area contributed by atoms with Crippen molar-refractivity contribution in [1.29, 1.82) is 0 Å². The molecule has 4 heteroatoms. The second-order valence-corrected chi connectivity index (χ2v) is 6.63. The maximum atomic E-state index is 12.1. The lowest BCUT2D eigenvalue weighted by atomic mass is 9.93. The lowest BCUT2D eigenvalue weighted by molar-refractivity contribution is -0.133. The van der Waals surface area contributed by atoms with Crippen LogP contribution in [0.3, 0.4) is 0 Å². The van der Waals surface area contributed by atoms with E-state index in [2.05, 4.69) is 19.9 Å². The van der Waals surface area contributed by atoms with Crippen molar-refractivity contribution >= 4 is 5.91 Å². The predicted octanol–water partition coefficient (Wildman–Crippen LogP) is 2.63. The van der Waals surface area contributed by atoms with Gasteiger partial charge in [-0.1, -0.05) is 39.8 Å². The van der Waals surface area contributed by atoms with Gasteiger partial charge in [0.1, 0.15) is 5.75 Å². The summed E-state index contributed by atoms with van der Waals surface area (Å²) in [7, 11) is 1.79. The topological polar surface area (TPSA) is 55.6 Å². The Morgan fingerprint density at radius 3 is 2.62 bits per heavy atom. The van der Waals surface area contributed by atoms with Crippen molar-refractivity contribution < 1.29 is 9.53 Å². The summed E-state index contributed by atoms with van der Waals surface area (Å²) in [5, 5.41) is 0. The summed E-state index contributed by atoms with van der Waals surface area (Å²) in [6, 6.07) is 7.89. The Morgan fingerprint density at radius 1 is 1.38 bits per heavy atom. The van der Waals surface area contributed by atoms with Gasteiger partial charge in [-0.3, -0.25) is 4.79 Å². The van der Waals surface area contributed by atoms with E-state index in [4.69, 9.17) is 10.5 Å². The van der Waals surface area contributed by atoms with Crippen LogP contribution >= 0.6 is 0 Å². The molecule has 0 radical (unpaired) electrons. The van der Waals surface area contributed by atoms with Crippen molar-refractivity contribution in [3.8, 4) is 5.75 Å². The number of likely N-dealkylation sites (N-methyl/N-ethyl adjacent to an activating group) is 1. The Hall–Kier alpha value is -1.55. The van der Waals surface area contributed by atoms with Crippen LogP contribution in [0.1, 0.15) is 39.2 Å². The fourth-order valence-electron chi connectivity index (χ4n) is 2.01. The summed E-state index contributed by atoms with van der Waals surface area (Å²) in [6.45, 7) is 9.58. The van der Waals surface area contributed by atoms with Gasteiger partial charge in [0.05, 0.1) is 0 Å². The number of rotatable bonds is 7. The lowest BCUT2D eigenvalue weighted by Gasteiger charge is -2.29. The van der Waals surface area contributed by atoms with Crippen LogP contribution in [0.25, 0.3) is 0 Å². The molecular formula is C17H28N2O2. The molecule has 0 aliphatic carbocycles. The first kappa shape index (κ1) is 17.5. The third kappa shape index (κ3) is 5.76. The van der Waals surface area contributed by atoms with Gasteiger partial charge in [-0.05, 0) is 35.6 Å². The Bertz CT molecular complexity index is 470. The van der Waals surface area contributed by atoms with Gasteiger partial charge in [-0.25, -0.2) is 0 Å². The molecule has 118 valence electrons. The van der Waals surface area contributed by atoms with Gasteiger partial charge >= 0.3 is 0 Å². The fraction of sp³-hybridized carbons (Fsp3) is 0.588. The first-order valence-electron chi connectivity index (χ1n) is 7.42. The van der Waals surface area contributed by atoms with Crippen LogP contribution in [0.2, 0.25) is 0 Å². The second kappa shape index (κ2) is 7.46. The zero-order chi connectivity index (χ0) is 16.0. The first-order chi connectivity index (χ1) is 9.75. The van der Waals surface area contributed by atoms with E-state index in [0.717, 1.165) is 5.75 Å². The molecule has 21 heavy (non-hydrogen) atoms. The maximum Gasteiger partial charge on any atom is 0.260 e. The molecule has 1 aromatic carbocycles. The average molecular weight is 292 g/mol. The summed E-state index contributed by atoms with van der Waals surface area (Å²) in [5.74, 6) is 1.14. The number of hydrogen-bond donors (Lipinski definition) is 1. The van der Waals surface area contributed by atoms with Crippen molar-refractivity contribution in [2.45, 2.75) is 33.6 Å². The Morgan fingerprint density at radius 2 is 2.05 bits per heavy atom. The van der Waals surface area contributed by atoms with Crippen molar-refractivity contribution in [2.75, 3.05) is 26.7 Å². The molecule has 0 fully saturated rings. The third-order valence-corrected chi connectivity index (χ3v) is 3.53. The maximum absolute atomic E-state index is 12.1. The number of carbonyl (C=O) groups is 1. The highest BCUT2D eigenvalue weighted by Crippen LogP contribution is 2.20. The van der Waals surface area contributed by atoms with E-state index in [1.165, 1.54) is 5.56 Å². The van der Waals surface area contributed by atoms with E-state index < -0.39 is 0 Å². The van der Waals surface area contributed by atoms with Gasteiger partial charge in [0.2, 0.25) is 0 Å². The molecule has 0 bridgehead atoms. The number of ether oxygens (including phenoxy) is 1. The minimum absolute atomic E-state index is 0.0357. The summed E-state index contributed by atoms with van der Waals surface area (Å²) < 4.78 is 5.61. The first-order valence-corrected chi connectivity index (χ1v) is 7.42. The molecule has 0 aromatic heterocycles. The fourth-order valence-corrected chi connectivity index (χ4v) is 2.01. The smallest absolute Gasteiger partial charge is 0.260 e. The van der Waals surface area contributed by atoms with Crippen LogP contribution in [-0.2, 0) is 4.79 Å². The van der Waals surface area contributed by atoms with Gasteiger partial charge in [-0.15, -0.1) is 0 Å². The zero-order valence-corrected chi connectivity index (χ0v) is 13.8. The van der Waals surface area contributed by atoms with Crippen LogP contribution in [0.4, 0.5) is 0 Å². The van der Waals surface area contributed by atoms with E-state index in [-0.39, 0.29) is 17.9 Å². The quantitative estimate of drug-likeness (QED) is 0.840. The second-order valence-electron chi connectivity index (χ2n) is 6.63. The number of hydrogen-bond acceptors (Lipinski definition) is 3. The predicted molar refractivity (Wildman–Crippen MR) is 86.5 cm³/mol. The molecule has 0 saturated carbocycles. The Balaban J connectivity index is 2.55. The molecule has 0 heterocycles. The molecule has 1 amide bonds. The van der Waals surface area contributed by atoms with Crippen molar-refractivity contribution in [3.05, 3.63) is 29.8 Å². The molecule has 0 aliphatic rings.